The van der Waals surface area contributed by atoms with E-state index in [-0.39, 0.29) is 5.41 Å². The molecule has 0 unspecified atom stereocenters. The van der Waals surface area contributed by atoms with Crippen LogP contribution in [0.15, 0.2) is 30.3 Å². The van der Waals surface area contributed by atoms with Crippen LogP contribution in [-0.2, 0) is 10.2 Å². The van der Waals surface area contributed by atoms with Gasteiger partial charge in [0.25, 0.3) is 0 Å². The minimum Gasteiger partial charge on any atom is -0.299 e. The zero-order valence-electron chi connectivity index (χ0n) is 11.2. The molecule has 0 bridgehead atoms. The Labute approximate surface area is 110 Å². The summed E-state index contributed by atoms with van der Waals surface area (Å²) in [5.74, 6) is 1.45. The third-order valence-electron chi connectivity index (χ3n) is 5.22. The number of rotatable bonds is 1. The summed E-state index contributed by atoms with van der Waals surface area (Å²) < 4.78 is 0. The average Bonchev–Trinajstić information content (AvgIpc) is 2.60. The van der Waals surface area contributed by atoms with Crippen molar-refractivity contribution in [1.29, 1.82) is 0 Å². The Bertz CT molecular complexity index is 436. The van der Waals surface area contributed by atoms with Gasteiger partial charge in [0.05, 0.1) is 0 Å². The second-order valence-electron chi connectivity index (χ2n) is 6.28. The average molecular weight is 242 g/mol. The Morgan fingerprint density at radius 2 is 1.78 bits per heavy atom. The van der Waals surface area contributed by atoms with E-state index in [0.29, 0.717) is 17.6 Å². The molecule has 3 atom stereocenters. The van der Waals surface area contributed by atoms with Crippen LogP contribution in [0.2, 0.25) is 0 Å². The van der Waals surface area contributed by atoms with Crippen LogP contribution in [0.3, 0.4) is 0 Å². The minimum atomic E-state index is 0.0906. The minimum absolute atomic E-state index is 0.0906. The standard InChI is InChI=1S/C17H22O/c1-17(13-8-4-2-5-9-13)12-16(18)14-10-6-3-7-11-15(14)17/h2,4-5,8-9,14-15H,3,6-7,10-12H2,1H3/t14-,15+,17-/m0/s1. The van der Waals surface area contributed by atoms with Gasteiger partial charge in [-0.15, -0.1) is 0 Å². The number of hydrogen-bond acceptors (Lipinski definition) is 1. The van der Waals surface area contributed by atoms with Gasteiger partial charge in [0, 0.05) is 17.8 Å². The summed E-state index contributed by atoms with van der Waals surface area (Å²) in [5, 5.41) is 0. The van der Waals surface area contributed by atoms with E-state index in [1.807, 2.05) is 0 Å². The molecular formula is C17H22O. The molecule has 2 saturated carbocycles. The van der Waals surface area contributed by atoms with Gasteiger partial charge < -0.3 is 0 Å². The van der Waals surface area contributed by atoms with Gasteiger partial charge in [0.15, 0.2) is 0 Å². The van der Waals surface area contributed by atoms with Gasteiger partial charge in [-0.25, -0.2) is 0 Å². The molecule has 0 aromatic heterocycles. The number of carbonyl (C=O) groups is 1. The van der Waals surface area contributed by atoms with Crippen molar-refractivity contribution in [3.05, 3.63) is 35.9 Å². The fourth-order valence-corrected chi connectivity index (χ4v) is 4.21. The molecule has 0 heterocycles. The summed E-state index contributed by atoms with van der Waals surface area (Å²) in [6.07, 6.45) is 6.99. The van der Waals surface area contributed by atoms with E-state index in [0.717, 1.165) is 12.8 Å². The maximum Gasteiger partial charge on any atom is 0.137 e. The molecule has 1 nitrogen and oxygen atoms in total. The molecule has 1 heteroatoms. The van der Waals surface area contributed by atoms with Gasteiger partial charge in [-0.1, -0.05) is 56.5 Å². The van der Waals surface area contributed by atoms with Crippen molar-refractivity contribution in [2.75, 3.05) is 0 Å². The highest BCUT2D eigenvalue weighted by atomic mass is 16.1. The molecule has 0 saturated heterocycles. The van der Waals surface area contributed by atoms with Gasteiger partial charge in [0.2, 0.25) is 0 Å². The van der Waals surface area contributed by atoms with Gasteiger partial charge in [0.1, 0.15) is 5.78 Å². The highest BCUT2D eigenvalue weighted by Gasteiger charge is 2.50. The van der Waals surface area contributed by atoms with Crippen LogP contribution in [0.5, 0.6) is 0 Å². The van der Waals surface area contributed by atoms with Gasteiger partial charge >= 0.3 is 0 Å². The highest BCUT2D eigenvalue weighted by molar-refractivity contribution is 5.86. The Morgan fingerprint density at radius 1 is 1.06 bits per heavy atom. The second-order valence-corrected chi connectivity index (χ2v) is 6.28. The van der Waals surface area contributed by atoms with E-state index in [1.54, 1.807) is 0 Å². The lowest BCUT2D eigenvalue weighted by Gasteiger charge is -2.33. The number of benzene rings is 1. The fourth-order valence-electron chi connectivity index (χ4n) is 4.21. The number of carbonyl (C=O) groups excluding carboxylic acids is 1. The Kier molecular flexibility index (Phi) is 3.01. The summed E-state index contributed by atoms with van der Waals surface area (Å²) in [6, 6.07) is 10.7. The first-order valence-electron chi connectivity index (χ1n) is 7.30. The van der Waals surface area contributed by atoms with E-state index in [1.165, 1.54) is 31.2 Å². The summed E-state index contributed by atoms with van der Waals surface area (Å²) in [4.78, 5) is 12.4. The van der Waals surface area contributed by atoms with E-state index in [9.17, 15) is 4.79 Å². The van der Waals surface area contributed by atoms with Crippen LogP contribution >= 0.6 is 0 Å². The van der Waals surface area contributed by atoms with Crippen molar-refractivity contribution in [1.82, 2.24) is 0 Å². The van der Waals surface area contributed by atoms with Gasteiger partial charge in [-0.3, -0.25) is 4.79 Å². The zero-order chi connectivity index (χ0) is 12.6. The molecule has 0 radical (unpaired) electrons. The summed E-state index contributed by atoms with van der Waals surface area (Å²) in [7, 11) is 0. The number of fused-ring (bicyclic) bond motifs is 1. The second kappa shape index (κ2) is 4.53. The SMILES string of the molecule is C[C@@]1(c2ccccc2)CC(=O)[C@H]2CCCCC[C@H]21. The zero-order valence-corrected chi connectivity index (χ0v) is 11.2. The molecule has 2 fully saturated rings. The smallest absolute Gasteiger partial charge is 0.137 e. The van der Waals surface area contributed by atoms with Crippen LogP contribution in [0.25, 0.3) is 0 Å². The normalized spacial score (nSPS) is 36.2. The van der Waals surface area contributed by atoms with Crippen LogP contribution in [-0.4, -0.2) is 5.78 Å². The molecule has 0 amide bonds. The van der Waals surface area contributed by atoms with Crippen LogP contribution in [0, 0.1) is 11.8 Å². The maximum absolute atomic E-state index is 12.4. The predicted octanol–water partition coefficient (Wildman–Crippen LogP) is 4.11. The Morgan fingerprint density at radius 3 is 2.56 bits per heavy atom. The monoisotopic (exact) mass is 242 g/mol. The molecule has 0 N–H and O–H groups in total. The predicted molar refractivity (Wildman–Crippen MR) is 73.5 cm³/mol. The third-order valence-corrected chi connectivity index (χ3v) is 5.22. The first-order valence-corrected chi connectivity index (χ1v) is 7.30. The Balaban J connectivity index is 1.99. The number of hydrogen-bond donors (Lipinski definition) is 0. The van der Waals surface area contributed by atoms with E-state index in [2.05, 4.69) is 37.3 Å². The highest BCUT2D eigenvalue weighted by Crippen LogP contribution is 2.51. The van der Waals surface area contributed by atoms with Crippen LogP contribution in [0.4, 0.5) is 0 Å². The lowest BCUT2D eigenvalue weighted by molar-refractivity contribution is -0.121. The summed E-state index contributed by atoms with van der Waals surface area (Å²) in [5.41, 5.74) is 1.46. The van der Waals surface area contributed by atoms with Gasteiger partial charge in [-0.05, 0) is 24.3 Å². The largest absolute Gasteiger partial charge is 0.299 e. The lowest BCUT2D eigenvalue weighted by Crippen LogP contribution is -2.29. The first kappa shape index (κ1) is 12.0. The molecule has 1 aromatic rings. The van der Waals surface area contributed by atoms with Crippen molar-refractivity contribution >= 4 is 5.78 Å². The first-order chi connectivity index (χ1) is 8.72. The van der Waals surface area contributed by atoms with Crippen LogP contribution < -0.4 is 0 Å². The number of Topliss-reactive ketones (excluding diaryl/α,β-unsaturated/α-hetero) is 1. The maximum atomic E-state index is 12.4. The molecule has 1 aromatic carbocycles. The van der Waals surface area contributed by atoms with Crippen molar-refractivity contribution in [2.45, 2.75) is 50.9 Å². The molecule has 18 heavy (non-hydrogen) atoms. The lowest BCUT2D eigenvalue weighted by atomic mass is 9.70. The Hall–Kier alpha value is -1.11. The molecule has 2 aliphatic rings. The molecule has 3 rings (SSSR count). The molecule has 96 valence electrons. The van der Waals surface area contributed by atoms with E-state index in [4.69, 9.17) is 0 Å². The topological polar surface area (TPSA) is 17.1 Å². The van der Waals surface area contributed by atoms with E-state index >= 15 is 0 Å². The molecular weight excluding hydrogens is 220 g/mol. The fraction of sp³-hybridized carbons (Fsp3) is 0.588. The van der Waals surface area contributed by atoms with Crippen molar-refractivity contribution in [3.63, 3.8) is 0 Å². The van der Waals surface area contributed by atoms with Gasteiger partial charge in [-0.2, -0.15) is 0 Å². The summed E-state index contributed by atoms with van der Waals surface area (Å²) in [6.45, 7) is 2.32. The molecule has 0 spiro atoms. The third kappa shape index (κ3) is 1.81. The van der Waals surface area contributed by atoms with E-state index < -0.39 is 0 Å². The van der Waals surface area contributed by atoms with Crippen molar-refractivity contribution < 1.29 is 4.79 Å². The van der Waals surface area contributed by atoms with Crippen molar-refractivity contribution in [2.24, 2.45) is 11.8 Å². The summed E-state index contributed by atoms with van der Waals surface area (Å²) >= 11 is 0. The molecule has 2 aliphatic carbocycles. The molecule has 0 aliphatic heterocycles. The van der Waals surface area contributed by atoms with Crippen LogP contribution in [0.1, 0.15) is 51.0 Å². The number of ketones is 1. The quantitative estimate of drug-likeness (QED) is 0.724. The van der Waals surface area contributed by atoms with Crippen molar-refractivity contribution in [3.8, 4) is 0 Å².